The first-order valence-corrected chi connectivity index (χ1v) is 6.16. The molecule has 1 aliphatic carbocycles. The van der Waals surface area contributed by atoms with E-state index in [1.165, 1.54) is 30.4 Å². The molecule has 0 saturated heterocycles. The zero-order valence-electron chi connectivity index (χ0n) is 10.2. The van der Waals surface area contributed by atoms with Gasteiger partial charge in [-0.15, -0.1) is 0 Å². The second-order valence-electron chi connectivity index (χ2n) is 4.99. The molecule has 0 unspecified atom stereocenters. The fourth-order valence-electron chi connectivity index (χ4n) is 2.78. The molecule has 0 aliphatic heterocycles. The Balaban J connectivity index is 2.47. The lowest BCUT2D eigenvalue weighted by atomic mass is 9.63. The van der Waals surface area contributed by atoms with Gasteiger partial charge in [-0.3, -0.25) is 0 Å². The highest BCUT2D eigenvalue weighted by molar-refractivity contribution is 5.46. The Bertz CT molecular complexity index is 388. The van der Waals surface area contributed by atoms with Gasteiger partial charge in [0.25, 0.3) is 0 Å². The molecular formula is C14H21NO. The van der Waals surface area contributed by atoms with Crippen LogP contribution in [0.2, 0.25) is 0 Å². The first kappa shape index (κ1) is 11.5. The third-order valence-electron chi connectivity index (χ3n) is 4.08. The van der Waals surface area contributed by atoms with Gasteiger partial charge in [0.05, 0.1) is 0 Å². The van der Waals surface area contributed by atoms with E-state index < -0.39 is 0 Å². The highest BCUT2D eigenvalue weighted by Crippen LogP contribution is 2.45. The van der Waals surface area contributed by atoms with Crippen LogP contribution in [0.25, 0.3) is 0 Å². The van der Waals surface area contributed by atoms with Crippen LogP contribution in [0.5, 0.6) is 5.75 Å². The summed E-state index contributed by atoms with van der Waals surface area (Å²) in [5.74, 6) is 0.426. The quantitative estimate of drug-likeness (QED) is 0.821. The van der Waals surface area contributed by atoms with Crippen LogP contribution in [0.1, 0.15) is 42.9 Å². The van der Waals surface area contributed by atoms with Gasteiger partial charge in [0.15, 0.2) is 0 Å². The SMILES string of the molecule is CCc1cc(C2(CN)CCC2)c(C)cc1O. The minimum absolute atomic E-state index is 0.196. The van der Waals surface area contributed by atoms with Gasteiger partial charge in [0, 0.05) is 12.0 Å². The standard InChI is InChI=1S/C14H21NO/c1-3-11-8-12(10(2)7-13(11)16)14(9-15)5-4-6-14/h7-8,16H,3-6,9,15H2,1-2H3. The van der Waals surface area contributed by atoms with Gasteiger partial charge < -0.3 is 10.8 Å². The third-order valence-corrected chi connectivity index (χ3v) is 4.08. The van der Waals surface area contributed by atoms with Gasteiger partial charge in [-0.1, -0.05) is 19.4 Å². The second-order valence-corrected chi connectivity index (χ2v) is 4.99. The van der Waals surface area contributed by atoms with Crippen LogP contribution in [-0.4, -0.2) is 11.7 Å². The molecule has 1 fully saturated rings. The number of phenolic OH excluding ortho intramolecular Hbond substituents is 1. The summed E-state index contributed by atoms with van der Waals surface area (Å²) in [7, 11) is 0. The largest absolute Gasteiger partial charge is 0.508 e. The Morgan fingerprint density at radius 2 is 2.06 bits per heavy atom. The first-order valence-electron chi connectivity index (χ1n) is 6.16. The van der Waals surface area contributed by atoms with Gasteiger partial charge >= 0.3 is 0 Å². The van der Waals surface area contributed by atoms with Crippen LogP contribution < -0.4 is 5.73 Å². The fourth-order valence-corrected chi connectivity index (χ4v) is 2.78. The van der Waals surface area contributed by atoms with E-state index in [0.29, 0.717) is 5.75 Å². The van der Waals surface area contributed by atoms with Crippen molar-refractivity contribution in [3.8, 4) is 5.75 Å². The summed E-state index contributed by atoms with van der Waals surface area (Å²) in [6, 6.07) is 4.06. The molecule has 0 amide bonds. The monoisotopic (exact) mass is 219 g/mol. The van der Waals surface area contributed by atoms with Crippen LogP contribution in [-0.2, 0) is 11.8 Å². The van der Waals surface area contributed by atoms with Crippen molar-refractivity contribution in [3.05, 3.63) is 28.8 Å². The van der Waals surface area contributed by atoms with Gasteiger partial charge in [0.2, 0.25) is 0 Å². The predicted molar refractivity (Wildman–Crippen MR) is 66.8 cm³/mol. The van der Waals surface area contributed by atoms with E-state index in [9.17, 15) is 5.11 Å². The van der Waals surface area contributed by atoms with Crippen LogP contribution in [0.3, 0.4) is 0 Å². The number of hydrogen-bond acceptors (Lipinski definition) is 2. The van der Waals surface area contributed by atoms with Crippen molar-refractivity contribution in [1.82, 2.24) is 0 Å². The maximum atomic E-state index is 9.81. The number of benzene rings is 1. The van der Waals surface area contributed by atoms with Gasteiger partial charge in [-0.05, 0) is 48.9 Å². The lowest BCUT2D eigenvalue weighted by Gasteiger charge is -2.42. The van der Waals surface area contributed by atoms with E-state index >= 15 is 0 Å². The number of nitrogens with two attached hydrogens (primary N) is 1. The number of aryl methyl sites for hydroxylation is 2. The predicted octanol–water partition coefficient (Wildman–Crippen LogP) is 2.64. The van der Waals surface area contributed by atoms with E-state index in [1.807, 2.05) is 6.07 Å². The van der Waals surface area contributed by atoms with Crippen LogP contribution in [0, 0.1) is 6.92 Å². The molecule has 88 valence electrons. The Morgan fingerprint density at radius 1 is 1.38 bits per heavy atom. The number of rotatable bonds is 3. The van der Waals surface area contributed by atoms with Crippen molar-refractivity contribution < 1.29 is 5.11 Å². The summed E-state index contributed by atoms with van der Waals surface area (Å²) in [4.78, 5) is 0. The molecule has 1 aliphatic rings. The van der Waals surface area contributed by atoms with Crippen molar-refractivity contribution in [2.24, 2.45) is 5.73 Å². The number of phenols is 1. The molecule has 1 aromatic carbocycles. The summed E-state index contributed by atoms with van der Waals surface area (Å²) in [6.07, 6.45) is 4.54. The van der Waals surface area contributed by atoms with Gasteiger partial charge in [-0.25, -0.2) is 0 Å². The molecule has 0 bridgehead atoms. The number of hydrogen-bond donors (Lipinski definition) is 2. The summed E-state index contributed by atoms with van der Waals surface area (Å²) in [6.45, 7) is 4.87. The fraction of sp³-hybridized carbons (Fsp3) is 0.571. The van der Waals surface area contributed by atoms with Crippen LogP contribution in [0.15, 0.2) is 12.1 Å². The summed E-state index contributed by atoms with van der Waals surface area (Å²) in [5, 5.41) is 9.81. The van der Waals surface area contributed by atoms with Gasteiger partial charge in [0.1, 0.15) is 5.75 Å². The van der Waals surface area contributed by atoms with E-state index in [2.05, 4.69) is 19.9 Å². The topological polar surface area (TPSA) is 46.2 Å². The molecule has 3 N–H and O–H groups in total. The van der Waals surface area contributed by atoms with E-state index in [1.54, 1.807) is 0 Å². The maximum absolute atomic E-state index is 9.81. The Kier molecular flexibility index (Phi) is 2.94. The highest BCUT2D eigenvalue weighted by Gasteiger charge is 2.38. The summed E-state index contributed by atoms with van der Waals surface area (Å²) in [5.41, 5.74) is 9.71. The average molecular weight is 219 g/mol. The highest BCUT2D eigenvalue weighted by atomic mass is 16.3. The van der Waals surface area contributed by atoms with Crippen molar-refractivity contribution >= 4 is 0 Å². The number of aromatic hydroxyl groups is 1. The molecule has 2 rings (SSSR count). The van der Waals surface area contributed by atoms with Crippen molar-refractivity contribution in [3.63, 3.8) is 0 Å². The second kappa shape index (κ2) is 4.10. The van der Waals surface area contributed by atoms with Crippen LogP contribution >= 0.6 is 0 Å². The van der Waals surface area contributed by atoms with E-state index in [0.717, 1.165) is 18.5 Å². The zero-order valence-corrected chi connectivity index (χ0v) is 10.2. The molecular weight excluding hydrogens is 198 g/mol. The van der Waals surface area contributed by atoms with Crippen molar-refractivity contribution in [1.29, 1.82) is 0 Å². The molecule has 0 spiro atoms. The van der Waals surface area contributed by atoms with Crippen molar-refractivity contribution in [2.75, 3.05) is 6.54 Å². The first-order chi connectivity index (χ1) is 7.63. The summed E-state index contributed by atoms with van der Waals surface area (Å²) >= 11 is 0. The Morgan fingerprint density at radius 3 is 2.50 bits per heavy atom. The molecule has 0 atom stereocenters. The molecule has 0 radical (unpaired) electrons. The molecule has 1 aromatic rings. The minimum atomic E-state index is 0.196. The molecule has 2 nitrogen and oxygen atoms in total. The molecule has 16 heavy (non-hydrogen) atoms. The van der Waals surface area contributed by atoms with Crippen LogP contribution in [0.4, 0.5) is 0 Å². The minimum Gasteiger partial charge on any atom is -0.508 e. The molecule has 0 aromatic heterocycles. The average Bonchev–Trinajstić information content (AvgIpc) is 2.20. The smallest absolute Gasteiger partial charge is 0.119 e. The zero-order chi connectivity index (χ0) is 11.8. The summed E-state index contributed by atoms with van der Waals surface area (Å²) < 4.78 is 0. The Hall–Kier alpha value is -1.02. The maximum Gasteiger partial charge on any atom is 0.119 e. The van der Waals surface area contributed by atoms with Crippen molar-refractivity contribution in [2.45, 2.75) is 44.9 Å². The normalized spacial score (nSPS) is 18.2. The van der Waals surface area contributed by atoms with E-state index in [-0.39, 0.29) is 5.41 Å². The molecule has 0 heterocycles. The lowest BCUT2D eigenvalue weighted by molar-refractivity contribution is 0.251. The Labute approximate surface area is 97.5 Å². The molecule has 1 saturated carbocycles. The van der Waals surface area contributed by atoms with Gasteiger partial charge in [-0.2, -0.15) is 0 Å². The molecule has 2 heteroatoms. The lowest BCUT2D eigenvalue weighted by Crippen LogP contribution is -2.42. The van der Waals surface area contributed by atoms with E-state index in [4.69, 9.17) is 5.73 Å². The third kappa shape index (κ3) is 1.61.